The smallest absolute Gasteiger partial charge is 0.0402 e. The van der Waals surface area contributed by atoms with E-state index in [9.17, 15) is 0 Å². The molecule has 1 aliphatic heterocycles. The quantitative estimate of drug-likeness (QED) is 0.840. The third kappa shape index (κ3) is 2.22. The zero-order chi connectivity index (χ0) is 11.5. The molecule has 0 spiro atoms. The van der Waals surface area contributed by atoms with Gasteiger partial charge < -0.3 is 10.6 Å². The molecule has 0 fully saturated rings. The van der Waals surface area contributed by atoms with Crippen molar-refractivity contribution in [2.45, 2.75) is 39.2 Å². The normalized spacial score (nSPS) is 16.3. The molecule has 1 aromatic carbocycles. The lowest BCUT2D eigenvalue weighted by Gasteiger charge is -2.19. The average Bonchev–Trinajstić information content (AvgIpc) is 2.63. The molecular formula is C14H22N2. The van der Waals surface area contributed by atoms with Gasteiger partial charge in [0.05, 0.1) is 0 Å². The fourth-order valence-corrected chi connectivity index (χ4v) is 2.61. The van der Waals surface area contributed by atoms with Gasteiger partial charge in [0.15, 0.2) is 0 Å². The van der Waals surface area contributed by atoms with Crippen LogP contribution in [0.4, 0.5) is 5.69 Å². The summed E-state index contributed by atoms with van der Waals surface area (Å²) in [6.07, 6.45) is 3.42. The van der Waals surface area contributed by atoms with Crippen molar-refractivity contribution < 1.29 is 0 Å². The van der Waals surface area contributed by atoms with E-state index in [1.807, 2.05) is 0 Å². The van der Waals surface area contributed by atoms with Crippen molar-refractivity contribution in [3.8, 4) is 0 Å². The average molecular weight is 218 g/mol. The molecule has 0 aliphatic carbocycles. The van der Waals surface area contributed by atoms with Gasteiger partial charge >= 0.3 is 0 Å². The minimum absolute atomic E-state index is 0.256. The SMILES string of the molecule is CCCN1CCc2c(CC(C)N)cccc21. The van der Waals surface area contributed by atoms with E-state index in [0.717, 1.165) is 6.42 Å². The molecule has 1 heterocycles. The molecular weight excluding hydrogens is 196 g/mol. The van der Waals surface area contributed by atoms with Crippen LogP contribution in [-0.4, -0.2) is 19.1 Å². The Morgan fingerprint density at radius 1 is 1.44 bits per heavy atom. The minimum Gasteiger partial charge on any atom is -0.371 e. The molecule has 1 unspecified atom stereocenters. The van der Waals surface area contributed by atoms with Crippen molar-refractivity contribution in [1.29, 1.82) is 0 Å². The predicted octanol–water partition coefficient (Wildman–Crippen LogP) is 2.35. The lowest BCUT2D eigenvalue weighted by Crippen LogP contribution is -2.21. The van der Waals surface area contributed by atoms with Crippen LogP contribution in [0.1, 0.15) is 31.4 Å². The van der Waals surface area contributed by atoms with E-state index in [0.29, 0.717) is 0 Å². The van der Waals surface area contributed by atoms with Crippen molar-refractivity contribution in [2.75, 3.05) is 18.0 Å². The molecule has 0 radical (unpaired) electrons. The van der Waals surface area contributed by atoms with Gasteiger partial charge in [0, 0.05) is 24.8 Å². The molecule has 2 N–H and O–H groups in total. The Labute approximate surface area is 98.4 Å². The second-order valence-electron chi connectivity index (χ2n) is 4.83. The number of fused-ring (bicyclic) bond motifs is 1. The molecule has 0 saturated carbocycles. The largest absolute Gasteiger partial charge is 0.371 e. The molecule has 0 aromatic heterocycles. The monoisotopic (exact) mass is 218 g/mol. The van der Waals surface area contributed by atoms with Crippen LogP contribution in [0.15, 0.2) is 18.2 Å². The topological polar surface area (TPSA) is 29.3 Å². The van der Waals surface area contributed by atoms with E-state index in [2.05, 4.69) is 36.9 Å². The molecule has 0 amide bonds. The summed E-state index contributed by atoms with van der Waals surface area (Å²) >= 11 is 0. The van der Waals surface area contributed by atoms with Crippen LogP contribution in [0.5, 0.6) is 0 Å². The lowest BCUT2D eigenvalue weighted by atomic mass is 9.99. The number of nitrogens with two attached hydrogens (primary N) is 1. The van der Waals surface area contributed by atoms with E-state index in [1.165, 1.54) is 42.7 Å². The molecule has 2 nitrogen and oxygen atoms in total. The first-order valence-corrected chi connectivity index (χ1v) is 6.33. The first kappa shape index (κ1) is 11.5. The molecule has 2 heteroatoms. The van der Waals surface area contributed by atoms with Crippen molar-refractivity contribution in [3.63, 3.8) is 0 Å². The van der Waals surface area contributed by atoms with Crippen LogP contribution in [0, 0.1) is 0 Å². The molecule has 1 aromatic rings. The number of anilines is 1. The summed E-state index contributed by atoms with van der Waals surface area (Å²) in [4.78, 5) is 2.50. The Bertz CT molecular complexity index is 358. The van der Waals surface area contributed by atoms with E-state index in [1.54, 1.807) is 0 Å². The zero-order valence-corrected chi connectivity index (χ0v) is 10.4. The maximum Gasteiger partial charge on any atom is 0.0402 e. The zero-order valence-electron chi connectivity index (χ0n) is 10.4. The standard InChI is InChI=1S/C14H22N2/c1-3-8-16-9-7-13-12(10-11(2)15)5-4-6-14(13)16/h4-6,11H,3,7-10,15H2,1-2H3. The highest BCUT2D eigenvalue weighted by Crippen LogP contribution is 2.31. The highest BCUT2D eigenvalue weighted by atomic mass is 15.1. The molecule has 2 rings (SSSR count). The van der Waals surface area contributed by atoms with Gasteiger partial charge in [-0.25, -0.2) is 0 Å². The highest BCUT2D eigenvalue weighted by molar-refractivity contribution is 5.61. The third-order valence-corrected chi connectivity index (χ3v) is 3.26. The number of hydrogen-bond donors (Lipinski definition) is 1. The van der Waals surface area contributed by atoms with Crippen LogP contribution in [-0.2, 0) is 12.8 Å². The minimum atomic E-state index is 0.256. The second kappa shape index (κ2) is 4.88. The van der Waals surface area contributed by atoms with E-state index in [4.69, 9.17) is 5.73 Å². The van der Waals surface area contributed by atoms with Crippen LogP contribution in [0.3, 0.4) is 0 Å². The van der Waals surface area contributed by atoms with Gasteiger partial charge in [-0.2, -0.15) is 0 Å². The van der Waals surface area contributed by atoms with Gasteiger partial charge in [-0.3, -0.25) is 0 Å². The number of hydrogen-bond acceptors (Lipinski definition) is 2. The van der Waals surface area contributed by atoms with E-state index >= 15 is 0 Å². The van der Waals surface area contributed by atoms with E-state index in [-0.39, 0.29) is 6.04 Å². The maximum absolute atomic E-state index is 5.90. The number of rotatable bonds is 4. The molecule has 1 aliphatic rings. The first-order chi connectivity index (χ1) is 7.72. The summed E-state index contributed by atoms with van der Waals surface area (Å²) in [5.41, 5.74) is 10.3. The van der Waals surface area contributed by atoms with Crippen molar-refractivity contribution in [1.82, 2.24) is 0 Å². The lowest BCUT2D eigenvalue weighted by molar-refractivity contribution is 0.733. The van der Waals surface area contributed by atoms with E-state index < -0.39 is 0 Å². The van der Waals surface area contributed by atoms with Crippen molar-refractivity contribution >= 4 is 5.69 Å². The first-order valence-electron chi connectivity index (χ1n) is 6.33. The summed E-state index contributed by atoms with van der Waals surface area (Å²) in [6, 6.07) is 6.91. The van der Waals surface area contributed by atoms with Gasteiger partial charge in [0.2, 0.25) is 0 Å². The van der Waals surface area contributed by atoms with Crippen molar-refractivity contribution in [3.05, 3.63) is 29.3 Å². The Hall–Kier alpha value is -1.02. The molecule has 1 atom stereocenters. The van der Waals surface area contributed by atoms with Crippen LogP contribution in [0.25, 0.3) is 0 Å². The van der Waals surface area contributed by atoms with Crippen molar-refractivity contribution in [2.24, 2.45) is 5.73 Å². The van der Waals surface area contributed by atoms with Crippen LogP contribution >= 0.6 is 0 Å². The van der Waals surface area contributed by atoms with Gasteiger partial charge in [-0.05, 0) is 43.4 Å². The van der Waals surface area contributed by atoms with Gasteiger partial charge in [-0.15, -0.1) is 0 Å². The summed E-state index contributed by atoms with van der Waals surface area (Å²) in [5.74, 6) is 0. The maximum atomic E-state index is 5.90. The Balaban J connectivity index is 2.25. The van der Waals surface area contributed by atoms with Gasteiger partial charge in [-0.1, -0.05) is 19.1 Å². The Morgan fingerprint density at radius 3 is 2.94 bits per heavy atom. The van der Waals surface area contributed by atoms with Gasteiger partial charge in [0.1, 0.15) is 0 Å². The Kier molecular flexibility index (Phi) is 3.49. The fourth-order valence-electron chi connectivity index (χ4n) is 2.61. The predicted molar refractivity (Wildman–Crippen MR) is 70.0 cm³/mol. The fraction of sp³-hybridized carbons (Fsp3) is 0.571. The Morgan fingerprint density at radius 2 is 2.25 bits per heavy atom. The summed E-state index contributed by atoms with van der Waals surface area (Å²) in [5, 5.41) is 0. The van der Waals surface area contributed by atoms with Crippen LogP contribution < -0.4 is 10.6 Å². The van der Waals surface area contributed by atoms with Crippen LogP contribution in [0.2, 0.25) is 0 Å². The highest BCUT2D eigenvalue weighted by Gasteiger charge is 2.20. The van der Waals surface area contributed by atoms with Gasteiger partial charge in [0.25, 0.3) is 0 Å². The summed E-state index contributed by atoms with van der Waals surface area (Å²) in [7, 11) is 0. The number of nitrogens with zero attached hydrogens (tertiary/aromatic N) is 1. The molecule has 16 heavy (non-hydrogen) atoms. The molecule has 0 saturated heterocycles. The summed E-state index contributed by atoms with van der Waals surface area (Å²) < 4.78 is 0. The second-order valence-corrected chi connectivity index (χ2v) is 4.83. The molecule has 0 bridgehead atoms. The third-order valence-electron chi connectivity index (χ3n) is 3.26. The number of benzene rings is 1. The molecule has 88 valence electrons. The summed E-state index contributed by atoms with van der Waals surface area (Å²) in [6.45, 7) is 6.68.